The molecule has 2 aliphatic carbocycles. The van der Waals surface area contributed by atoms with Gasteiger partial charge in [-0.2, -0.15) is 0 Å². The number of rotatable bonds is 0. The zero-order chi connectivity index (χ0) is 8.44. The van der Waals surface area contributed by atoms with Crippen molar-refractivity contribution in [2.24, 2.45) is 10.6 Å². The standard InChI is InChI=1S/C10H17NO/c12-11-9-5-1-2-6-10(9)7-3-4-8-10/h12H,1-8H2/b11-9+. The third-order valence-electron chi connectivity index (χ3n) is 3.61. The first-order chi connectivity index (χ1) is 5.87. The molecule has 0 saturated heterocycles. The predicted octanol–water partition coefficient (Wildman–Crippen LogP) is 2.95. The highest BCUT2D eigenvalue weighted by Gasteiger charge is 2.40. The van der Waals surface area contributed by atoms with E-state index < -0.39 is 0 Å². The first-order valence-electron chi connectivity index (χ1n) is 5.09. The molecule has 0 aromatic rings. The predicted molar refractivity (Wildman–Crippen MR) is 48.6 cm³/mol. The molecule has 2 aliphatic rings. The summed E-state index contributed by atoms with van der Waals surface area (Å²) in [6, 6.07) is 0. The molecule has 2 rings (SSSR count). The summed E-state index contributed by atoms with van der Waals surface area (Å²) >= 11 is 0. The summed E-state index contributed by atoms with van der Waals surface area (Å²) in [5.41, 5.74) is 1.44. The molecule has 0 aromatic heterocycles. The highest BCUT2D eigenvalue weighted by molar-refractivity contribution is 5.90. The SMILES string of the molecule is O/N=C1\CCCCC12CCCC2. The van der Waals surface area contributed by atoms with E-state index in [-0.39, 0.29) is 0 Å². The number of hydrogen-bond donors (Lipinski definition) is 1. The van der Waals surface area contributed by atoms with E-state index in [1.54, 1.807) is 0 Å². The monoisotopic (exact) mass is 167 g/mol. The van der Waals surface area contributed by atoms with Gasteiger partial charge in [-0.1, -0.05) is 24.4 Å². The van der Waals surface area contributed by atoms with Crippen LogP contribution in [0.1, 0.15) is 51.4 Å². The van der Waals surface area contributed by atoms with Gasteiger partial charge in [0.15, 0.2) is 0 Å². The summed E-state index contributed by atoms with van der Waals surface area (Å²) in [5, 5.41) is 12.4. The van der Waals surface area contributed by atoms with Gasteiger partial charge in [-0.05, 0) is 32.1 Å². The van der Waals surface area contributed by atoms with Crippen LogP contribution in [-0.2, 0) is 0 Å². The van der Waals surface area contributed by atoms with Crippen LogP contribution in [0.2, 0.25) is 0 Å². The molecule has 2 fully saturated rings. The Morgan fingerprint density at radius 1 is 1.00 bits per heavy atom. The van der Waals surface area contributed by atoms with Crippen molar-refractivity contribution in [3.8, 4) is 0 Å². The zero-order valence-corrected chi connectivity index (χ0v) is 7.55. The summed E-state index contributed by atoms with van der Waals surface area (Å²) < 4.78 is 0. The second-order valence-electron chi connectivity index (χ2n) is 4.24. The Morgan fingerprint density at radius 2 is 1.58 bits per heavy atom. The van der Waals surface area contributed by atoms with Crippen LogP contribution in [-0.4, -0.2) is 10.9 Å². The topological polar surface area (TPSA) is 32.6 Å². The van der Waals surface area contributed by atoms with E-state index >= 15 is 0 Å². The Bertz CT molecular complexity index is 192. The Hall–Kier alpha value is -0.530. The van der Waals surface area contributed by atoms with Crippen molar-refractivity contribution in [1.82, 2.24) is 0 Å². The Kier molecular flexibility index (Phi) is 2.07. The minimum Gasteiger partial charge on any atom is -0.411 e. The van der Waals surface area contributed by atoms with Crippen LogP contribution in [0.15, 0.2) is 5.16 Å². The summed E-state index contributed by atoms with van der Waals surface area (Å²) in [6.07, 6.45) is 10.1. The molecule has 2 heteroatoms. The van der Waals surface area contributed by atoms with E-state index in [2.05, 4.69) is 5.16 Å². The molecule has 0 atom stereocenters. The largest absolute Gasteiger partial charge is 0.411 e. The molecular formula is C10H17NO. The van der Waals surface area contributed by atoms with Crippen molar-refractivity contribution in [3.05, 3.63) is 0 Å². The van der Waals surface area contributed by atoms with Crippen molar-refractivity contribution in [3.63, 3.8) is 0 Å². The second-order valence-corrected chi connectivity index (χ2v) is 4.24. The normalized spacial score (nSPS) is 31.5. The fourth-order valence-corrected chi connectivity index (χ4v) is 2.91. The van der Waals surface area contributed by atoms with Gasteiger partial charge >= 0.3 is 0 Å². The summed E-state index contributed by atoms with van der Waals surface area (Å²) in [6.45, 7) is 0. The van der Waals surface area contributed by atoms with Gasteiger partial charge in [-0.15, -0.1) is 0 Å². The molecular weight excluding hydrogens is 150 g/mol. The highest BCUT2D eigenvalue weighted by Crippen LogP contribution is 2.47. The average Bonchev–Trinajstić information content (AvgIpc) is 2.55. The first kappa shape index (κ1) is 8.09. The van der Waals surface area contributed by atoms with E-state index in [9.17, 15) is 0 Å². The van der Waals surface area contributed by atoms with Crippen LogP contribution < -0.4 is 0 Å². The molecule has 0 aliphatic heterocycles. The van der Waals surface area contributed by atoms with Crippen LogP contribution in [0.3, 0.4) is 0 Å². The van der Waals surface area contributed by atoms with Crippen molar-refractivity contribution in [2.45, 2.75) is 51.4 Å². The summed E-state index contributed by atoms with van der Waals surface area (Å²) in [4.78, 5) is 0. The smallest absolute Gasteiger partial charge is 0.0632 e. The maximum absolute atomic E-state index is 8.90. The van der Waals surface area contributed by atoms with Gasteiger partial charge < -0.3 is 5.21 Å². The van der Waals surface area contributed by atoms with Crippen molar-refractivity contribution < 1.29 is 5.21 Å². The number of hydrogen-bond acceptors (Lipinski definition) is 2. The molecule has 0 aromatic carbocycles. The molecule has 0 unspecified atom stereocenters. The van der Waals surface area contributed by atoms with Crippen LogP contribution in [0, 0.1) is 5.41 Å². The van der Waals surface area contributed by atoms with E-state index in [0.717, 1.165) is 12.1 Å². The lowest BCUT2D eigenvalue weighted by molar-refractivity contribution is 0.282. The first-order valence-corrected chi connectivity index (χ1v) is 5.09. The van der Waals surface area contributed by atoms with Gasteiger partial charge in [0.05, 0.1) is 5.71 Å². The van der Waals surface area contributed by atoms with E-state index in [1.165, 1.54) is 44.9 Å². The molecule has 1 spiro atoms. The number of oxime groups is 1. The Morgan fingerprint density at radius 3 is 2.17 bits per heavy atom. The van der Waals surface area contributed by atoms with E-state index in [0.29, 0.717) is 5.41 Å². The lowest BCUT2D eigenvalue weighted by Gasteiger charge is -2.33. The molecule has 2 saturated carbocycles. The maximum Gasteiger partial charge on any atom is 0.0632 e. The van der Waals surface area contributed by atoms with Crippen LogP contribution in [0.25, 0.3) is 0 Å². The van der Waals surface area contributed by atoms with Crippen LogP contribution in [0.5, 0.6) is 0 Å². The van der Waals surface area contributed by atoms with Crippen molar-refractivity contribution in [1.29, 1.82) is 0 Å². The zero-order valence-electron chi connectivity index (χ0n) is 7.55. The molecule has 0 radical (unpaired) electrons. The molecule has 68 valence electrons. The molecule has 0 bridgehead atoms. The van der Waals surface area contributed by atoms with Gasteiger partial charge in [-0.25, -0.2) is 0 Å². The average molecular weight is 167 g/mol. The maximum atomic E-state index is 8.90. The minimum absolute atomic E-state index is 0.340. The van der Waals surface area contributed by atoms with E-state index in [1.807, 2.05) is 0 Å². The molecule has 2 nitrogen and oxygen atoms in total. The minimum atomic E-state index is 0.340. The summed E-state index contributed by atoms with van der Waals surface area (Å²) in [5.74, 6) is 0. The Labute approximate surface area is 73.7 Å². The number of nitrogens with zero attached hydrogens (tertiary/aromatic N) is 1. The molecule has 0 amide bonds. The molecule has 1 N–H and O–H groups in total. The highest BCUT2D eigenvalue weighted by atomic mass is 16.4. The Balaban J connectivity index is 2.19. The van der Waals surface area contributed by atoms with Crippen molar-refractivity contribution in [2.75, 3.05) is 0 Å². The molecule has 0 heterocycles. The van der Waals surface area contributed by atoms with Crippen LogP contribution >= 0.6 is 0 Å². The van der Waals surface area contributed by atoms with Crippen molar-refractivity contribution >= 4 is 5.71 Å². The van der Waals surface area contributed by atoms with Crippen LogP contribution in [0.4, 0.5) is 0 Å². The van der Waals surface area contributed by atoms with Gasteiger partial charge in [0, 0.05) is 5.41 Å². The lowest BCUT2D eigenvalue weighted by Crippen LogP contribution is -2.31. The lowest BCUT2D eigenvalue weighted by atomic mass is 9.71. The van der Waals surface area contributed by atoms with Gasteiger partial charge in [0.2, 0.25) is 0 Å². The quantitative estimate of drug-likeness (QED) is 0.436. The summed E-state index contributed by atoms with van der Waals surface area (Å²) in [7, 11) is 0. The second kappa shape index (κ2) is 3.08. The third-order valence-corrected chi connectivity index (χ3v) is 3.61. The van der Waals surface area contributed by atoms with Gasteiger partial charge in [-0.3, -0.25) is 0 Å². The van der Waals surface area contributed by atoms with Gasteiger partial charge in [0.25, 0.3) is 0 Å². The molecule has 12 heavy (non-hydrogen) atoms. The van der Waals surface area contributed by atoms with Gasteiger partial charge in [0.1, 0.15) is 0 Å². The fraction of sp³-hybridized carbons (Fsp3) is 0.900. The third kappa shape index (κ3) is 1.13. The fourth-order valence-electron chi connectivity index (χ4n) is 2.91. The van der Waals surface area contributed by atoms with E-state index in [4.69, 9.17) is 5.21 Å².